The van der Waals surface area contributed by atoms with Crippen molar-refractivity contribution in [2.24, 2.45) is 7.05 Å². The van der Waals surface area contributed by atoms with Gasteiger partial charge in [0, 0.05) is 18.8 Å². The molecule has 0 fully saturated rings. The van der Waals surface area contributed by atoms with Gasteiger partial charge in [0.05, 0.1) is 12.5 Å². The molecular weight excluding hydrogens is 418 g/mol. The van der Waals surface area contributed by atoms with Gasteiger partial charge in [-0.05, 0) is 29.1 Å². The lowest BCUT2D eigenvalue weighted by molar-refractivity contribution is -0.115. The summed E-state index contributed by atoms with van der Waals surface area (Å²) in [5, 5.41) is 5.28. The number of anilines is 1. The average molecular weight is 438 g/mol. The molecule has 30 heavy (non-hydrogen) atoms. The molecule has 0 spiro atoms. The summed E-state index contributed by atoms with van der Waals surface area (Å²) >= 11 is 2.66. The van der Waals surface area contributed by atoms with Crippen LogP contribution in [-0.2, 0) is 11.8 Å². The summed E-state index contributed by atoms with van der Waals surface area (Å²) in [4.78, 5) is 31.2. The molecule has 0 saturated heterocycles. The van der Waals surface area contributed by atoms with E-state index in [4.69, 9.17) is 4.74 Å². The third-order valence-corrected chi connectivity index (χ3v) is 6.67. The van der Waals surface area contributed by atoms with Crippen molar-refractivity contribution in [3.05, 3.63) is 82.0 Å². The van der Waals surface area contributed by atoms with Crippen molar-refractivity contribution >= 4 is 44.9 Å². The van der Waals surface area contributed by atoms with Crippen LogP contribution in [0.25, 0.3) is 10.2 Å². The van der Waals surface area contributed by atoms with Crippen LogP contribution in [0.4, 0.5) is 5.69 Å². The SMILES string of the molecule is COc1cccc(NC(=O)C(Sc2nc3sccc3c(=O)n2C)c2ccccc2)c1. The van der Waals surface area contributed by atoms with Gasteiger partial charge in [-0.1, -0.05) is 48.2 Å². The summed E-state index contributed by atoms with van der Waals surface area (Å²) in [6.07, 6.45) is 0. The molecular formula is C22H19N3O3S2. The second-order valence-electron chi connectivity index (χ2n) is 6.53. The number of hydrogen-bond acceptors (Lipinski definition) is 6. The number of benzene rings is 2. The number of carbonyl (C=O) groups is 1. The summed E-state index contributed by atoms with van der Waals surface area (Å²) in [7, 11) is 3.26. The molecule has 2 aromatic carbocycles. The first kappa shape index (κ1) is 20.2. The van der Waals surface area contributed by atoms with Gasteiger partial charge in [0.1, 0.15) is 15.8 Å². The van der Waals surface area contributed by atoms with Crippen LogP contribution in [0.1, 0.15) is 10.8 Å². The summed E-state index contributed by atoms with van der Waals surface area (Å²) in [5.41, 5.74) is 1.34. The van der Waals surface area contributed by atoms with E-state index in [1.165, 1.54) is 27.7 Å². The number of amides is 1. The number of thiophene rings is 1. The molecule has 2 heterocycles. The van der Waals surface area contributed by atoms with Crippen LogP contribution in [0.3, 0.4) is 0 Å². The van der Waals surface area contributed by atoms with Crippen molar-refractivity contribution in [2.75, 3.05) is 12.4 Å². The molecule has 0 radical (unpaired) electrons. The summed E-state index contributed by atoms with van der Waals surface area (Å²) < 4.78 is 6.73. The maximum atomic E-state index is 13.2. The Bertz CT molecular complexity index is 1250. The largest absolute Gasteiger partial charge is 0.497 e. The summed E-state index contributed by atoms with van der Waals surface area (Å²) in [6, 6.07) is 18.4. The fraction of sp³-hybridized carbons (Fsp3) is 0.136. The summed E-state index contributed by atoms with van der Waals surface area (Å²) in [5.74, 6) is 0.448. The molecule has 0 bridgehead atoms. The van der Waals surface area contributed by atoms with Crippen molar-refractivity contribution in [2.45, 2.75) is 10.4 Å². The number of methoxy groups -OCH3 is 1. The fourth-order valence-electron chi connectivity index (χ4n) is 3.00. The molecule has 8 heteroatoms. The lowest BCUT2D eigenvalue weighted by Gasteiger charge is -2.18. The third-order valence-electron chi connectivity index (χ3n) is 4.56. The van der Waals surface area contributed by atoms with E-state index >= 15 is 0 Å². The Labute approximate surface area is 181 Å². The van der Waals surface area contributed by atoms with Crippen LogP contribution in [0.5, 0.6) is 5.75 Å². The number of ether oxygens (including phenoxy) is 1. The topological polar surface area (TPSA) is 73.2 Å². The van der Waals surface area contributed by atoms with E-state index in [1.54, 1.807) is 32.4 Å². The average Bonchev–Trinajstić information content (AvgIpc) is 3.24. The number of carbonyl (C=O) groups excluding carboxylic acids is 1. The van der Waals surface area contributed by atoms with E-state index in [0.717, 1.165) is 5.56 Å². The molecule has 152 valence electrons. The van der Waals surface area contributed by atoms with Gasteiger partial charge in [-0.25, -0.2) is 4.98 Å². The van der Waals surface area contributed by atoms with Crippen LogP contribution in [0, 0.1) is 0 Å². The fourth-order valence-corrected chi connectivity index (χ4v) is 4.87. The quantitative estimate of drug-likeness (QED) is 0.356. The minimum Gasteiger partial charge on any atom is -0.497 e. The molecule has 1 atom stereocenters. The Morgan fingerprint density at radius 1 is 1.17 bits per heavy atom. The van der Waals surface area contributed by atoms with Gasteiger partial charge in [0.2, 0.25) is 5.91 Å². The van der Waals surface area contributed by atoms with Crippen LogP contribution in [0.15, 0.2) is 76.0 Å². The highest BCUT2D eigenvalue weighted by Crippen LogP contribution is 2.35. The zero-order chi connectivity index (χ0) is 21.1. The standard InChI is InChI=1S/C22H19N3O3S2/c1-25-21(27)17-11-12-29-20(17)24-22(25)30-18(14-7-4-3-5-8-14)19(26)23-15-9-6-10-16(13-15)28-2/h3-13,18H,1-2H3,(H,23,26). The Balaban J connectivity index is 1.69. The number of thioether (sulfide) groups is 1. The molecule has 4 aromatic rings. The van der Waals surface area contributed by atoms with Gasteiger partial charge in [0.25, 0.3) is 5.56 Å². The minimum atomic E-state index is -0.590. The highest BCUT2D eigenvalue weighted by molar-refractivity contribution is 8.00. The van der Waals surface area contributed by atoms with Gasteiger partial charge >= 0.3 is 0 Å². The Morgan fingerprint density at radius 2 is 1.97 bits per heavy atom. The summed E-state index contributed by atoms with van der Waals surface area (Å²) in [6.45, 7) is 0. The maximum Gasteiger partial charge on any atom is 0.262 e. The van der Waals surface area contributed by atoms with Crippen LogP contribution >= 0.6 is 23.1 Å². The maximum absolute atomic E-state index is 13.2. The van der Waals surface area contributed by atoms with Gasteiger partial charge in [-0.3, -0.25) is 14.2 Å². The first-order chi connectivity index (χ1) is 14.6. The normalized spacial score (nSPS) is 11.9. The van der Waals surface area contributed by atoms with Crippen molar-refractivity contribution < 1.29 is 9.53 Å². The molecule has 1 amide bonds. The Hall–Kier alpha value is -3.10. The predicted octanol–water partition coefficient (Wildman–Crippen LogP) is 4.48. The third kappa shape index (κ3) is 4.10. The van der Waals surface area contributed by atoms with Crippen molar-refractivity contribution in [1.29, 1.82) is 0 Å². The van der Waals surface area contributed by atoms with Crippen LogP contribution < -0.4 is 15.6 Å². The zero-order valence-electron chi connectivity index (χ0n) is 16.4. The number of aromatic nitrogens is 2. The molecule has 0 aliphatic carbocycles. The second-order valence-corrected chi connectivity index (χ2v) is 8.49. The lowest BCUT2D eigenvalue weighted by atomic mass is 10.1. The molecule has 2 aromatic heterocycles. The molecule has 0 aliphatic heterocycles. The first-order valence-electron chi connectivity index (χ1n) is 9.17. The van der Waals surface area contributed by atoms with E-state index in [-0.39, 0.29) is 11.5 Å². The molecule has 0 saturated carbocycles. The number of hydrogen-bond donors (Lipinski definition) is 1. The second kappa shape index (κ2) is 8.73. The zero-order valence-corrected chi connectivity index (χ0v) is 18.0. The van der Waals surface area contributed by atoms with Crippen LogP contribution in [-0.4, -0.2) is 22.6 Å². The van der Waals surface area contributed by atoms with E-state index in [0.29, 0.717) is 26.8 Å². The van der Waals surface area contributed by atoms with Gasteiger partial charge in [-0.2, -0.15) is 0 Å². The van der Waals surface area contributed by atoms with Gasteiger partial charge < -0.3 is 10.1 Å². The number of nitrogens with zero attached hydrogens (tertiary/aromatic N) is 2. The van der Waals surface area contributed by atoms with E-state index in [1.807, 2.05) is 47.8 Å². The van der Waals surface area contributed by atoms with Gasteiger partial charge in [-0.15, -0.1) is 11.3 Å². The predicted molar refractivity (Wildman–Crippen MR) is 122 cm³/mol. The molecule has 4 rings (SSSR count). The van der Waals surface area contributed by atoms with E-state index in [2.05, 4.69) is 10.3 Å². The Kier molecular flexibility index (Phi) is 5.87. The smallest absolute Gasteiger partial charge is 0.262 e. The van der Waals surface area contributed by atoms with Crippen molar-refractivity contribution in [3.8, 4) is 5.75 Å². The van der Waals surface area contributed by atoms with E-state index < -0.39 is 5.25 Å². The molecule has 0 aliphatic rings. The molecule has 6 nitrogen and oxygen atoms in total. The number of rotatable bonds is 6. The highest BCUT2D eigenvalue weighted by Gasteiger charge is 2.25. The van der Waals surface area contributed by atoms with Crippen molar-refractivity contribution in [3.63, 3.8) is 0 Å². The molecule has 1 N–H and O–H groups in total. The van der Waals surface area contributed by atoms with Crippen LogP contribution in [0.2, 0.25) is 0 Å². The minimum absolute atomic E-state index is 0.122. The number of fused-ring (bicyclic) bond motifs is 1. The highest BCUT2D eigenvalue weighted by atomic mass is 32.2. The first-order valence-corrected chi connectivity index (χ1v) is 10.9. The Morgan fingerprint density at radius 3 is 2.73 bits per heavy atom. The molecule has 1 unspecified atom stereocenters. The number of nitrogens with one attached hydrogen (secondary N) is 1. The van der Waals surface area contributed by atoms with E-state index in [9.17, 15) is 9.59 Å². The van der Waals surface area contributed by atoms with Gasteiger partial charge in [0.15, 0.2) is 5.16 Å². The lowest BCUT2D eigenvalue weighted by Crippen LogP contribution is -2.23. The monoisotopic (exact) mass is 437 g/mol. The van der Waals surface area contributed by atoms with Crippen molar-refractivity contribution in [1.82, 2.24) is 9.55 Å².